The average molecular weight is 244 g/mol. The number of hydrogen-bond donors (Lipinski definition) is 7. The monoisotopic (exact) mass is 244 g/mol. The van der Waals surface area contributed by atoms with Crippen LogP contribution in [0.3, 0.4) is 0 Å². The Morgan fingerprint density at radius 2 is 1.20 bits per heavy atom. The number of carbonyl (C=O) groups excluding carboxylic acids is 1. The Morgan fingerprint density at radius 3 is 1.20 bits per heavy atom. The van der Waals surface area contributed by atoms with Gasteiger partial charge in [-0.05, 0) is 0 Å². The van der Waals surface area contributed by atoms with E-state index in [4.69, 9.17) is 20.4 Å². The van der Waals surface area contributed by atoms with Crippen LogP contribution in [0.1, 0.15) is 6.92 Å². The Labute approximate surface area is 94.1 Å². The predicted octanol–water partition coefficient (Wildman–Crippen LogP) is -2.78. The normalized spacial score (nSPS) is 9.33. The average Bonchev–Trinajstić information content (AvgIpc) is 2.24. The molecule has 0 heterocycles. The van der Waals surface area contributed by atoms with Gasteiger partial charge in [0.15, 0.2) is 5.12 Å². The van der Waals surface area contributed by atoms with E-state index in [0.29, 0.717) is 0 Å². The smallest absolute Gasteiger partial charge is 0.182 e. The molecule has 0 fully saturated rings. The molecular formula is C7H20N2O5S. The van der Waals surface area contributed by atoms with E-state index in [1.807, 2.05) is 0 Å². The zero-order valence-corrected chi connectivity index (χ0v) is 9.52. The van der Waals surface area contributed by atoms with Crippen LogP contribution >= 0.6 is 12.6 Å². The van der Waals surface area contributed by atoms with E-state index < -0.39 is 31.8 Å². The van der Waals surface area contributed by atoms with Gasteiger partial charge in [0.1, 0.15) is 0 Å². The highest BCUT2D eigenvalue weighted by Crippen LogP contribution is 2.11. The van der Waals surface area contributed by atoms with E-state index in [0.717, 1.165) is 0 Å². The van der Waals surface area contributed by atoms with Gasteiger partial charge in [0.25, 0.3) is 0 Å². The summed E-state index contributed by atoms with van der Waals surface area (Å²) in [6.07, 6.45) is 0. The third-order valence-electron chi connectivity index (χ3n) is 1.34. The quantitative estimate of drug-likeness (QED) is 0.161. The molecule has 0 aromatic rings. The molecule has 8 N–H and O–H groups in total. The van der Waals surface area contributed by atoms with Gasteiger partial charge in [0.05, 0.1) is 31.8 Å². The summed E-state index contributed by atoms with van der Waals surface area (Å²) in [7, 11) is 0. The number of aliphatic hydroxyl groups excluding tert-OH is 4. The molecule has 15 heavy (non-hydrogen) atoms. The summed E-state index contributed by atoms with van der Waals surface area (Å²) in [5, 5.41) is 33.8. The van der Waals surface area contributed by atoms with Crippen molar-refractivity contribution in [1.29, 1.82) is 0 Å². The second-order valence-corrected chi connectivity index (χ2v) is 3.28. The lowest BCUT2D eigenvalue weighted by molar-refractivity contribution is -0.108. The number of nitrogens with two attached hydrogens (primary N) is 2. The molecule has 0 unspecified atom stereocenters. The first kappa shape index (κ1) is 20.2. The van der Waals surface area contributed by atoms with Crippen molar-refractivity contribution in [2.24, 2.45) is 17.1 Å². The summed E-state index contributed by atoms with van der Waals surface area (Å²) in [4.78, 5) is 9.31. The van der Waals surface area contributed by atoms with Crippen molar-refractivity contribution in [2.75, 3.05) is 26.4 Å². The minimum absolute atomic E-state index is 0.139. The fourth-order valence-electron chi connectivity index (χ4n) is 0.300. The maximum atomic E-state index is 9.31. The summed E-state index contributed by atoms with van der Waals surface area (Å²) < 4.78 is 0. The van der Waals surface area contributed by atoms with Crippen LogP contribution in [0.5, 0.6) is 0 Å². The fourth-order valence-corrected chi connectivity index (χ4v) is 0.300. The number of hydrogen-bond acceptors (Lipinski definition) is 7. The molecule has 0 aliphatic heterocycles. The van der Waals surface area contributed by atoms with Crippen molar-refractivity contribution in [1.82, 2.24) is 0 Å². The molecule has 0 aliphatic carbocycles. The minimum Gasteiger partial charge on any atom is -0.396 e. The molecule has 94 valence electrons. The molecule has 0 aliphatic rings. The van der Waals surface area contributed by atoms with E-state index >= 15 is 0 Å². The van der Waals surface area contributed by atoms with Gasteiger partial charge < -0.3 is 20.4 Å². The van der Waals surface area contributed by atoms with Gasteiger partial charge in [0, 0.05) is 6.92 Å². The van der Waals surface area contributed by atoms with Crippen LogP contribution in [-0.2, 0) is 4.79 Å². The standard InChI is InChI=1S/C5H12O4.C2H4OS.H4N2/c6-1-5(2-7,3-8)4-9;1-2(3)4;1-2/h6-9H,1-4H2;1H3,(H,3,4);1-2H2. The highest BCUT2D eigenvalue weighted by molar-refractivity contribution is 7.96. The van der Waals surface area contributed by atoms with Crippen molar-refractivity contribution in [2.45, 2.75) is 6.92 Å². The van der Waals surface area contributed by atoms with Crippen LogP contribution in [0.25, 0.3) is 0 Å². The number of hydrazine groups is 1. The molecule has 8 heteroatoms. The molecule has 0 radical (unpaired) electrons. The molecule has 0 atom stereocenters. The van der Waals surface area contributed by atoms with Crippen LogP contribution in [0.15, 0.2) is 0 Å². The van der Waals surface area contributed by atoms with Gasteiger partial charge >= 0.3 is 0 Å². The summed E-state index contributed by atoms with van der Waals surface area (Å²) in [6, 6.07) is 0. The molecule has 0 aromatic heterocycles. The lowest BCUT2D eigenvalue weighted by Crippen LogP contribution is -2.37. The summed E-state index contributed by atoms with van der Waals surface area (Å²) in [5.41, 5.74) is -1.11. The van der Waals surface area contributed by atoms with Crippen LogP contribution < -0.4 is 11.7 Å². The predicted molar refractivity (Wildman–Crippen MR) is 58.8 cm³/mol. The number of carbonyl (C=O) groups is 1. The Hall–Kier alpha value is -0.220. The SMILES string of the molecule is CC(=O)S.NN.OCC(CO)(CO)CO. The third-order valence-corrected chi connectivity index (χ3v) is 1.34. The first-order valence-corrected chi connectivity index (χ1v) is 4.39. The van der Waals surface area contributed by atoms with E-state index in [-0.39, 0.29) is 5.12 Å². The highest BCUT2D eigenvalue weighted by atomic mass is 32.1. The van der Waals surface area contributed by atoms with Crippen molar-refractivity contribution < 1.29 is 25.2 Å². The summed E-state index contributed by atoms with van der Waals surface area (Å²) in [5.74, 6) is 8.00. The Kier molecular flexibility index (Phi) is 18.6. The Bertz CT molecular complexity index is 122. The van der Waals surface area contributed by atoms with Crippen molar-refractivity contribution in [3.8, 4) is 0 Å². The molecule has 0 spiro atoms. The molecule has 0 aromatic carbocycles. The van der Waals surface area contributed by atoms with Gasteiger partial charge in [-0.15, -0.1) is 12.6 Å². The molecular weight excluding hydrogens is 224 g/mol. The molecule has 0 saturated heterocycles. The zero-order valence-electron chi connectivity index (χ0n) is 8.63. The first-order chi connectivity index (χ1) is 6.97. The van der Waals surface area contributed by atoms with Crippen LogP contribution in [0.4, 0.5) is 0 Å². The van der Waals surface area contributed by atoms with Gasteiger partial charge in [-0.3, -0.25) is 16.5 Å². The van der Waals surface area contributed by atoms with Gasteiger partial charge in [-0.25, -0.2) is 0 Å². The third kappa shape index (κ3) is 13.8. The minimum atomic E-state index is -1.11. The largest absolute Gasteiger partial charge is 0.396 e. The van der Waals surface area contributed by atoms with E-state index in [1.54, 1.807) is 0 Å². The van der Waals surface area contributed by atoms with Crippen molar-refractivity contribution >= 4 is 17.7 Å². The van der Waals surface area contributed by atoms with E-state index in [1.165, 1.54) is 6.92 Å². The van der Waals surface area contributed by atoms with Crippen LogP contribution in [-0.4, -0.2) is 52.0 Å². The molecule has 0 bridgehead atoms. The topological polar surface area (TPSA) is 150 Å². The lowest BCUT2D eigenvalue weighted by Gasteiger charge is -2.23. The fraction of sp³-hybridized carbons (Fsp3) is 0.857. The zero-order chi connectivity index (χ0) is 12.9. The van der Waals surface area contributed by atoms with Gasteiger partial charge in [-0.2, -0.15) is 0 Å². The highest BCUT2D eigenvalue weighted by Gasteiger charge is 2.26. The Morgan fingerprint density at radius 1 is 1.07 bits per heavy atom. The van der Waals surface area contributed by atoms with Crippen molar-refractivity contribution in [3.63, 3.8) is 0 Å². The summed E-state index contributed by atoms with van der Waals surface area (Å²) >= 11 is 3.33. The second-order valence-electron chi connectivity index (χ2n) is 2.65. The molecule has 0 saturated carbocycles. The van der Waals surface area contributed by atoms with Gasteiger partial charge in [0.2, 0.25) is 0 Å². The second kappa shape index (κ2) is 13.8. The van der Waals surface area contributed by atoms with Crippen LogP contribution in [0.2, 0.25) is 0 Å². The Balaban J connectivity index is -0.000000202. The number of aliphatic hydroxyl groups is 4. The van der Waals surface area contributed by atoms with Crippen LogP contribution in [0, 0.1) is 5.41 Å². The molecule has 7 nitrogen and oxygen atoms in total. The maximum absolute atomic E-state index is 9.31. The number of thiol groups is 1. The molecule has 0 rings (SSSR count). The van der Waals surface area contributed by atoms with E-state index in [9.17, 15) is 4.79 Å². The molecule has 0 amide bonds. The van der Waals surface area contributed by atoms with E-state index in [2.05, 4.69) is 24.3 Å². The lowest BCUT2D eigenvalue weighted by atomic mass is 9.93. The van der Waals surface area contributed by atoms with Crippen molar-refractivity contribution in [3.05, 3.63) is 0 Å². The maximum Gasteiger partial charge on any atom is 0.182 e. The van der Waals surface area contributed by atoms with Gasteiger partial charge in [-0.1, -0.05) is 0 Å². The summed E-state index contributed by atoms with van der Waals surface area (Å²) in [6.45, 7) is -0.233. The first-order valence-electron chi connectivity index (χ1n) is 3.94. The number of rotatable bonds is 4.